The molecule has 0 unspecified atom stereocenters. The van der Waals surface area contributed by atoms with Crippen molar-refractivity contribution < 1.29 is 10.2 Å². The van der Waals surface area contributed by atoms with E-state index < -0.39 is 0 Å². The second-order valence-corrected chi connectivity index (χ2v) is 5.57. The number of phenols is 2. The summed E-state index contributed by atoms with van der Waals surface area (Å²) in [6.07, 6.45) is 0. The molecule has 0 spiro atoms. The first-order valence-electron chi connectivity index (χ1n) is 6.04. The third kappa shape index (κ3) is 3.93. The summed E-state index contributed by atoms with van der Waals surface area (Å²) < 4.78 is 0. The van der Waals surface area contributed by atoms with Gasteiger partial charge in [0.15, 0.2) is 11.5 Å². The zero-order valence-electron chi connectivity index (χ0n) is 11.1. The Bertz CT molecular complexity index is 372. The van der Waals surface area contributed by atoms with Gasteiger partial charge >= 0.3 is 0 Å². The molecule has 0 saturated carbocycles. The summed E-state index contributed by atoms with van der Waals surface area (Å²) >= 11 is 0. The van der Waals surface area contributed by atoms with Crippen LogP contribution in [0.2, 0.25) is 0 Å². The summed E-state index contributed by atoms with van der Waals surface area (Å²) in [7, 11) is 0. The van der Waals surface area contributed by atoms with Crippen molar-refractivity contribution in [1.82, 2.24) is 5.32 Å². The van der Waals surface area contributed by atoms with Crippen LogP contribution in [0.1, 0.15) is 33.3 Å². The molecule has 1 aromatic carbocycles. The minimum absolute atomic E-state index is 0.0626. The van der Waals surface area contributed by atoms with E-state index in [0.717, 1.165) is 12.1 Å². The van der Waals surface area contributed by atoms with Crippen molar-refractivity contribution in [2.75, 3.05) is 6.54 Å². The largest absolute Gasteiger partial charge is 0.504 e. The Labute approximate surface area is 103 Å². The summed E-state index contributed by atoms with van der Waals surface area (Å²) in [5.74, 6) is 0.479. The van der Waals surface area contributed by atoms with E-state index in [-0.39, 0.29) is 16.9 Å². The fraction of sp³-hybridized carbons (Fsp3) is 0.571. The zero-order chi connectivity index (χ0) is 13.1. The zero-order valence-corrected chi connectivity index (χ0v) is 11.1. The topological polar surface area (TPSA) is 52.5 Å². The van der Waals surface area contributed by atoms with Crippen LogP contribution in [-0.4, -0.2) is 16.8 Å². The van der Waals surface area contributed by atoms with Gasteiger partial charge in [-0.2, -0.15) is 0 Å². The van der Waals surface area contributed by atoms with E-state index in [1.807, 2.05) is 6.07 Å². The summed E-state index contributed by atoms with van der Waals surface area (Å²) in [6.45, 7) is 10.5. The average molecular weight is 237 g/mol. The molecular formula is C14H23NO2. The van der Waals surface area contributed by atoms with Crippen LogP contribution in [0.15, 0.2) is 18.2 Å². The SMILES string of the molecule is CC(C)C(C)(C)CNCc1ccc(O)c(O)c1. The molecule has 0 fully saturated rings. The molecule has 3 N–H and O–H groups in total. The van der Waals surface area contributed by atoms with E-state index >= 15 is 0 Å². The Morgan fingerprint density at radius 3 is 2.35 bits per heavy atom. The molecule has 96 valence electrons. The van der Waals surface area contributed by atoms with Gasteiger partial charge in [-0.05, 0) is 29.0 Å². The second kappa shape index (κ2) is 5.41. The highest BCUT2D eigenvalue weighted by Gasteiger charge is 2.21. The fourth-order valence-corrected chi connectivity index (χ4v) is 1.41. The Kier molecular flexibility index (Phi) is 4.40. The van der Waals surface area contributed by atoms with Crippen molar-refractivity contribution in [3.8, 4) is 11.5 Å². The predicted molar refractivity (Wildman–Crippen MR) is 70.1 cm³/mol. The van der Waals surface area contributed by atoms with Gasteiger partial charge in [0.2, 0.25) is 0 Å². The van der Waals surface area contributed by atoms with E-state index in [9.17, 15) is 10.2 Å². The van der Waals surface area contributed by atoms with Crippen LogP contribution in [0, 0.1) is 11.3 Å². The van der Waals surface area contributed by atoms with Gasteiger partial charge in [0.25, 0.3) is 0 Å². The Hall–Kier alpha value is -1.22. The van der Waals surface area contributed by atoms with Crippen molar-refractivity contribution in [1.29, 1.82) is 0 Å². The van der Waals surface area contributed by atoms with Crippen molar-refractivity contribution in [2.45, 2.75) is 34.2 Å². The summed E-state index contributed by atoms with van der Waals surface area (Å²) in [5, 5.41) is 21.9. The Morgan fingerprint density at radius 1 is 1.18 bits per heavy atom. The third-order valence-corrected chi connectivity index (χ3v) is 3.51. The molecule has 0 radical (unpaired) electrons. The number of benzene rings is 1. The number of nitrogens with one attached hydrogen (secondary N) is 1. The molecule has 0 atom stereocenters. The predicted octanol–water partition coefficient (Wildman–Crippen LogP) is 2.87. The number of hydrogen-bond donors (Lipinski definition) is 3. The minimum Gasteiger partial charge on any atom is -0.504 e. The fourth-order valence-electron chi connectivity index (χ4n) is 1.41. The lowest BCUT2D eigenvalue weighted by Gasteiger charge is -2.29. The van der Waals surface area contributed by atoms with Crippen molar-refractivity contribution in [2.24, 2.45) is 11.3 Å². The first-order valence-corrected chi connectivity index (χ1v) is 6.04. The molecule has 0 bridgehead atoms. The summed E-state index contributed by atoms with van der Waals surface area (Å²) in [6, 6.07) is 4.91. The molecular weight excluding hydrogens is 214 g/mol. The highest BCUT2D eigenvalue weighted by Crippen LogP contribution is 2.26. The van der Waals surface area contributed by atoms with Gasteiger partial charge in [-0.1, -0.05) is 33.8 Å². The molecule has 0 heterocycles. The van der Waals surface area contributed by atoms with Gasteiger partial charge < -0.3 is 15.5 Å². The lowest BCUT2D eigenvalue weighted by atomic mass is 9.81. The van der Waals surface area contributed by atoms with Crippen molar-refractivity contribution in [3.05, 3.63) is 23.8 Å². The van der Waals surface area contributed by atoms with Crippen LogP contribution in [0.5, 0.6) is 11.5 Å². The van der Waals surface area contributed by atoms with Crippen molar-refractivity contribution in [3.63, 3.8) is 0 Å². The number of phenolic OH excluding ortho intramolecular Hbond substituents is 2. The first-order chi connectivity index (χ1) is 7.83. The maximum absolute atomic E-state index is 9.37. The van der Waals surface area contributed by atoms with E-state index in [1.165, 1.54) is 6.07 Å². The molecule has 0 aliphatic carbocycles. The smallest absolute Gasteiger partial charge is 0.157 e. The molecule has 0 aromatic heterocycles. The van der Waals surface area contributed by atoms with E-state index in [1.54, 1.807) is 6.07 Å². The molecule has 0 saturated heterocycles. The van der Waals surface area contributed by atoms with Gasteiger partial charge in [0.1, 0.15) is 0 Å². The molecule has 0 amide bonds. The number of aromatic hydroxyl groups is 2. The first kappa shape index (κ1) is 13.8. The van der Waals surface area contributed by atoms with Crippen LogP contribution in [-0.2, 0) is 6.54 Å². The van der Waals surface area contributed by atoms with Gasteiger partial charge in [0.05, 0.1) is 0 Å². The molecule has 3 heteroatoms. The lowest BCUT2D eigenvalue weighted by Crippen LogP contribution is -2.33. The standard InChI is InChI=1S/C14H23NO2/c1-10(2)14(3,4)9-15-8-11-5-6-12(16)13(17)7-11/h5-7,10,15-17H,8-9H2,1-4H3. The molecule has 1 aromatic rings. The molecule has 17 heavy (non-hydrogen) atoms. The van der Waals surface area contributed by atoms with Crippen LogP contribution >= 0.6 is 0 Å². The second-order valence-electron chi connectivity index (χ2n) is 5.57. The molecule has 1 rings (SSSR count). The van der Waals surface area contributed by atoms with Crippen molar-refractivity contribution >= 4 is 0 Å². The van der Waals surface area contributed by atoms with Gasteiger partial charge in [0, 0.05) is 13.1 Å². The van der Waals surface area contributed by atoms with Crippen LogP contribution in [0.25, 0.3) is 0 Å². The Morgan fingerprint density at radius 2 is 1.82 bits per heavy atom. The highest BCUT2D eigenvalue weighted by atomic mass is 16.3. The molecule has 0 aliphatic rings. The van der Waals surface area contributed by atoms with Gasteiger partial charge in [-0.25, -0.2) is 0 Å². The highest BCUT2D eigenvalue weighted by molar-refractivity contribution is 5.40. The monoisotopic (exact) mass is 237 g/mol. The van der Waals surface area contributed by atoms with Gasteiger partial charge in [-0.15, -0.1) is 0 Å². The van der Waals surface area contributed by atoms with E-state index in [2.05, 4.69) is 33.0 Å². The third-order valence-electron chi connectivity index (χ3n) is 3.51. The maximum atomic E-state index is 9.37. The number of hydrogen-bond acceptors (Lipinski definition) is 3. The number of rotatable bonds is 5. The molecule has 0 aliphatic heterocycles. The van der Waals surface area contributed by atoms with Gasteiger partial charge in [-0.3, -0.25) is 0 Å². The quantitative estimate of drug-likeness (QED) is 0.690. The lowest BCUT2D eigenvalue weighted by molar-refractivity contribution is 0.238. The summed E-state index contributed by atoms with van der Waals surface area (Å²) in [4.78, 5) is 0. The van der Waals surface area contributed by atoms with Crippen LogP contribution in [0.3, 0.4) is 0 Å². The normalized spacial score (nSPS) is 12.1. The molecule has 3 nitrogen and oxygen atoms in total. The Balaban J connectivity index is 2.49. The van der Waals surface area contributed by atoms with E-state index in [0.29, 0.717) is 12.5 Å². The average Bonchev–Trinajstić information content (AvgIpc) is 2.23. The van der Waals surface area contributed by atoms with E-state index in [4.69, 9.17) is 0 Å². The van der Waals surface area contributed by atoms with Crippen LogP contribution < -0.4 is 5.32 Å². The maximum Gasteiger partial charge on any atom is 0.157 e. The minimum atomic E-state index is -0.0729. The summed E-state index contributed by atoms with van der Waals surface area (Å²) in [5.41, 5.74) is 1.22. The van der Waals surface area contributed by atoms with Crippen LogP contribution in [0.4, 0.5) is 0 Å².